The molecular weight excluding hydrogens is 306 g/mol. The summed E-state index contributed by atoms with van der Waals surface area (Å²) in [6.45, 7) is 2.12. The van der Waals surface area contributed by atoms with Gasteiger partial charge in [0.05, 0.1) is 0 Å². The van der Waals surface area contributed by atoms with Gasteiger partial charge in [0.25, 0.3) is 0 Å². The lowest BCUT2D eigenvalue weighted by Gasteiger charge is -2.05. The van der Waals surface area contributed by atoms with Crippen molar-refractivity contribution in [1.82, 2.24) is 0 Å². The Morgan fingerprint density at radius 2 is 1.93 bits per heavy atom. The zero-order chi connectivity index (χ0) is 11.0. The molecule has 0 aromatic heterocycles. The smallest absolute Gasteiger partial charge is 0.0883 e. The van der Waals surface area contributed by atoms with Gasteiger partial charge in [-0.2, -0.15) is 0 Å². The maximum Gasteiger partial charge on any atom is 0.194 e. The van der Waals surface area contributed by atoms with Crippen LogP contribution in [0, 0.1) is 0 Å². The topological polar surface area (TPSA) is 0 Å². The molecule has 0 unspecified atom stereocenters. The van der Waals surface area contributed by atoms with Gasteiger partial charge in [-0.15, -0.1) is 0 Å². The van der Waals surface area contributed by atoms with E-state index in [2.05, 4.69) is 28.9 Å². The average molecular weight is 320 g/mol. The molecule has 0 atom stereocenters. The summed E-state index contributed by atoms with van der Waals surface area (Å²) in [4.78, 5) is 0. The van der Waals surface area contributed by atoms with Crippen LogP contribution in [0.4, 0.5) is 0 Å². The highest BCUT2D eigenvalue weighted by atomic mass is 79.9. The van der Waals surface area contributed by atoms with E-state index in [1.807, 2.05) is 12.2 Å². The minimum absolute atomic E-state index is 0.471. The first-order chi connectivity index (χ1) is 6.45. The largest absolute Gasteiger partial charge is 0.194 e. The van der Waals surface area contributed by atoms with E-state index >= 15 is 0 Å². The fourth-order valence-electron chi connectivity index (χ4n) is 0.880. The monoisotopic (exact) mass is 318 g/mol. The molecule has 0 spiro atoms. The van der Waals surface area contributed by atoms with Crippen LogP contribution < -0.4 is 0 Å². The molecule has 0 aliphatic heterocycles. The molecule has 0 rings (SSSR count). The molecule has 0 saturated carbocycles. The molecule has 0 fully saturated rings. The van der Waals surface area contributed by atoms with Crippen LogP contribution in [0.1, 0.15) is 26.2 Å². The molecule has 0 radical (unpaired) electrons. The first-order valence-electron chi connectivity index (χ1n) is 4.39. The molecule has 0 nitrogen and oxygen atoms in total. The van der Waals surface area contributed by atoms with Crippen LogP contribution in [0.5, 0.6) is 0 Å². The van der Waals surface area contributed by atoms with E-state index in [9.17, 15) is 0 Å². The van der Waals surface area contributed by atoms with Gasteiger partial charge in [-0.05, 0) is 19.8 Å². The molecular formula is C10H14BrCl3. The molecule has 0 aliphatic carbocycles. The molecule has 14 heavy (non-hydrogen) atoms. The summed E-state index contributed by atoms with van der Waals surface area (Å²) in [7, 11) is 0. The second-order valence-electron chi connectivity index (χ2n) is 3.03. The van der Waals surface area contributed by atoms with Crippen molar-refractivity contribution in [3.8, 4) is 0 Å². The van der Waals surface area contributed by atoms with Gasteiger partial charge in [0.15, 0.2) is 3.79 Å². The maximum absolute atomic E-state index is 5.59. The van der Waals surface area contributed by atoms with Crippen LogP contribution >= 0.6 is 50.7 Å². The third-order valence-electron chi connectivity index (χ3n) is 1.65. The van der Waals surface area contributed by atoms with E-state index in [4.69, 9.17) is 34.8 Å². The van der Waals surface area contributed by atoms with Gasteiger partial charge in [-0.3, -0.25) is 0 Å². The van der Waals surface area contributed by atoms with E-state index in [0.29, 0.717) is 6.42 Å². The lowest BCUT2D eigenvalue weighted by Crippen LogP contribution is -1.97. The second kappa shape index (κ2) is 8.04. The number of hydrogen-bond donors (Lipinski definition) is 0. The first kappa shape index (κ1) is 14.8. The van der Waals surface area contributed by atoms with E-state index < -0.39 is 3.79 Å². The highest BCUT2D eigenvalue weighted by molar-refractivity contribution is 9.09. The summed E-state index contributed by atoms with van der Waals surface area (Å²) in [5, 5.41) is 0.913. The fraction of sp³-hybridized carbons (Fsp3) is 0.600. The zero-order valence-corrected chi connectivity index (χ0v) is 11.9. The van der Waals surface area contributed by atoms with Crippen molar-refractivity contribution >= 4 is 50.7 Å². The van der Waals surface area contributed by atoms with E-state index in [0.717, 1.165) is 18.2 Å². The third kappa shape index (κ3) is 10.9. The Bertz CT molecular complexity index is 204. The zero-order valence-electron chi connectivity index (χ0n) is 8.07. The fourth-order valence-corrected chi connectivity index (χ4v) is 1.70. The molecule has 0 N–H and O–H groups in total. The standard InChI is InChI=1S/C10H14BrCl3/c1-9(6-8-11)5-3-2-4-7-10(12,13)14/h2,4,6H,3,5,7-8H2,1H3/b4-2+,9-6+. The summed E-state index contributed by atoms with van der Waals surface area (Å²) in [6, 6.07) is 0. The summed E-state index contributed by atoms with van der Waals surface area (Å²) in [5.74, 6) is 0. The molecule has 0 aliphatic rings. The van der Waals surface area contributed by atoms with Crippen molar-refractivity contribution < 1.29 is 0 Å². The van der Waals surface area contributed by atoms with Gasteiger partial charge < -0.3 is 0 Å². The van der Waals surface area contributed by atoms with Crippen LogP contribution in [0.2, 0.25) is 0 Å². The van der Waals surface area contributed by atoms with Crippen LogP contribution in [0.3, 0.4) is 0 Å². The van der Waals surface area contributed by atoms with Crippen molar-refractivity contribution in [3.63, 3.8) is 0 Å². The number of halogens is 4. The molecule has 82 valence electrons. The van der Waals surface area contributed by atoms with Crippen molar-refractivity contribution in [2.45, 2.75) is 30.0 Å². The van der Waals surface area contributed by atoms with Gasteiger partial charge in [0.2, 0.25) is 0 Å². The molecule has 4 heteroatoms. The number of allylic oxidation sites excluding steroid dienone is 4. The highest BCUT2D eigenvalue weighted by Crippen LogP contribution is 2.30. The Morgan fingerprint density at radius 1 is 1.29 bits per heavy atom. The van der Waals surface area contributed by atoms with Gasteiger partial charge >= 0.3 is 0 Å². The highest BCUT2D eigenvalue weighted by Gasteiger charge is 2.16. The summed E-state index contributed by atoms with van der Waals surface area (Å²) >= 11 is 20.1. The lowest BCUT2D eigenvalue weighted by atomic mass is 10.1. The Labute approximate surface area is 109 Å². The number of hydrogen-bond acceptors (Lipinski definition) is 0. The lowest BCUT2D eigenvalue weighted by molar-refractivity contribution is 0.960. The predicted molar refractivity (Wildman–Crippen MR) is 70.8 cm³/mol. The van der Waals surface area contributed by atoms with Gasteiger partial charge in [0.1, 0.15) is 0 Å². The van der Waals surface area contributed by atoms with Gasteiger partial charge in [-0.25, -0.2) is 0 Å². The van der Waals surface area contributed by atoms with E-state index in [-0.39, 0.29) is 0 Å². The minimum atomic E-state index is -1.16. The molecule has 0 saturated heterocycles. The summed E-state index contributed by atoms with van der Waals surface area (Å²) in [6.07, 6.45) is 8.64. The normalized spacial score (nSPS) is 13.9. The predicted octanol–water partition coefficient (Wildman–Crippen LogP) is 5.42. The Balaban J connectivity index is 3.59. The Morgan fingerprint density at radius 3 is 2.43 bits per heavy atom. The van der Waals surface area contributed by atoms with E-state index in [1.165, 1.54) is 5.57 Å². The van der Waals surface area contributed by atoms with E-state index in [1.54, 1.807) is 0 Å². The maximum atomic E-state index is 5.59. The molecule has 0 bridgehead atoms. The SMILES string of the molecule is C/C(=C\CBr)CC/C=C/CC(Cl)(Cl)Cl. The van der Waals surface area contributed by atoms with Crippen LogP contribution in [0.15, 0.2) is 23.8 Å². The van der Waals surface area contributed by atoms with Crippen molar-refractivity contribution in [3.05, 3.63) is 23.8 Å². The molecule has 0 aromatic rings. The third-order valence-corrected chi connectivity index (χ3v) is 2.43. The minimum Gasteiger partial charge on any atom is -0.0883 e. The van der Waals surface area contributed by atoms with Gasteiger partial charge in [0, 0.05) is 11.8 Å². The Kier molecular flexibility index (Phi) is 8.51. The van der Waals surface area contributed by atoms with Crippen LogP contribution in [-0.2, 0) is 0 Å². The van der Waals surface area contributed by atoms with Crippen molar-refractivity contribution in [2.24, 2.45) is 0 Å². The molecule has 0 amide bonds. The summed E-state index contributed by atoms with van der Waals surface area (Å²) < 4.78 is -1.16. The van der Waals surface area contributed by atoms with Gasteiger partial charge in [-0.1, -0.05) is 74.5 Å². The van der Waals surface area contributed by atoms with Crippen molar-refractivity contribution in [2.75, 3.05) is 5.33 Å². The van der Waals surface area contributed by atoms with Crippen molar-refractivity contribution in [1.29, 1.82) is 0 Å². The first-order valence-corrected chi connectivity index (χ1v) is 6.64. The van der Waals surface area contributed by atoms with Crippen LogP contribution in [-0.4, -0.2) is 9.12 Å². The number of rotatable bonds is 5. The van der Waals surface area contributed by atoms with Crippen LogP contribution in [0.25, 0.3) is 0 Å². The molecule has 0 heterocycles. The second-order valence-corrected chi connectivity index (χ2v) is 6.20. The quantitative estimate of drug-likeness (QED) is 0.468. The number of alkyl halides is 4. The Hall–Kier alpha value is 0.830. The summed E-state index contributed by atoms with van der Waals surface area (Å²) in [5.41, 5.74) is 1.38. The average Bonchev–Trinajstić information content (AvgIpc) is 2.02. The molecule has 0 aromatic carbocycles.